The average Bonchev–Trinajstić information content (AvgIpc) is 2.99. The Morgan fingerprint density at radius 3 is 2.21 bits per heavy atom. The lowest BCUT2D eigenvalue weighted by Crippen LogP contribution is -2.41. The van der Waals surface area contributed by atoms with E-state index in [1.54, 1.807) is 0 Å². The van der Waals surface area contributed by atoms with Crippen molar-refractivity contribution in [1.29, 1.82) is 0 Å². The van der Waals surface area contributed by atoms with Crippen LogP contribution in [-0.4, -0.2) is 31.8 Å². The van der Waals surface area contributed by atoms with E-state index in [1.165, 1.54) is 13.8 Å². The first-order valence-corrected chi connectivity index (χ1v) is 8.26. The lowest BCUT2D eigenvalue weighted by Gasteiger charge is -2.27. The molecule has 0 aliphatic carbocycles. The van der Waals surface area contributed by atoms with E-state index in [-0.39, 0.29) is 5.78 Å². The molecule has 0 fully saturated rings. The molecular formula is C16H12ClF6N5. The molecule has 0 saturated carbocycles. The van der Waals surface area contributed by atoms with Crippen LogP contribution in [0.5, 0.6) is 0 Å². The van der Waals surface area contributed by atoms with Crippen LogP contribution in [0.4, 0.5) is 32.2 Å². The van der Waals surface area contributed by atoms with Crippen molar-refractivity contribution in [3.05, 3.63) is 41.1 Å². The molecule has 1 N–H and O–H groups in total. The quantitative estimate of drug-likeness (QED) is 0.481. The summed E-state index contributed by atoms with van der Waals surface area (Å²) in [7, 11) is 0. The first-order chi connectivity index (χ1) is 13.0. The van der Waals surface area contributed by atoms with Gasteiger partial charge < -0.3 is 5.32 Å². The molecule has 0 spiro atoms. The van der Waals surface area contributed by atoms with Gasteiger partial charge in [0.2, 0.25) is 0 Å². The van der Waals surface area contributed by atoms with Crippen molar-refractivity contribution in [2.24, 2.45) is 5.92 Å². The van der Waals surface area contributed by atoms with Crippen LogP contribution in [-0.2, 0) is 0 Å². The fourth-order valence-electron chi connectivity index (χ4n) is 2.73. The van der Waals surface area contributed by atoms with Gasteiger partial charge in [0.05, 0.1) is 11.1 Å². The lowest BCUT2D eigenvalue weighted by atomic mass is 10.0. The Hall–Kier alpha value is -2.56. The van der Waals surface area contributed by atoms with E-state index in [9.17, 15) is 26.3 Å². The molecule has 5 nitrogen and oxygen atoms in total. The number of alkyl halides is 3. The molecule has 2 aromatic heterocycles. The van der Waals surface area contributed by atoms with Crippen molar-refractivity contribution in [2.45, 2.75) is 26.1 Å². The van der Waals surface area contributed by atoms with Gasteiger partial charge in [-0.3, -0.25) is 0 Å². The van der Waals surface area contributed by atoms with Crippen LogP contribution in [0.25, 0.3) is 16.9 Å². The van der Waals surface area contributed by atoms with Crippen molar-refractivity contribution in [3.8, 4) is 11.1 Å². The largest absolute Gasteiger partial charge is 0.408 e. The van der Waals surface area contributed by atoms with Gasteiger partial charge in [-0.15, -0.1) is 0 Å². The summed E-state index contributed by atoms with van der Waals surface area (Å²) in [6, 6.07) is -1.34. The van der Waals surface area contributed by atoms with Crippen LogP contribution in [0.2, 0.25) is 5.15 Å². The second kappa shape index (κ2) is 7.12. The fraction of sp³-hybridized carbons (Fsp3) is 0.312. The third-order valence-corrected chi connectivity index (χ3v) is 4.22. The fourth-order valence-corrected chi connectivity index (χ4v) is 2.99. The molecule has 28 heavy (non-hydrogen) atoms. The van der Waals surface area contributed by atoms with E-state index in [2.05, 4.69) is 20.4 Å². The Morgan fingerprint density at radius 2 is 1.68 bits per heavy atom. The first kappa shape index (κ1) is 20.2. The van der Waals surface area contributed by atoms with E-state index in [0.717, 1.165) is 10.8 Å². The highest BCUT2D eigenvalue weighted by molar-refractivity contribution is 6.33. The highest BCUT2D eigenvalue weighted by Crippen LogP contribution is 2.39. The lowest BCUT2D eigenvalue weighted by molar-refractivity contribution is -0.150. The van der Waals surface area contributed by atoms with Crippen LogP contribution in [0.1, 0.15) is 13.8 Å². The topological polar surface area (TPSA) is 55.1 Å². The van der Waals surface area contributed by atoms with E-state index >= 15 is 0 Å². The Morgan fingerprint density at radius 1 is 1.07 bits per heavy atom. The van der Waals surface area contributed by atoms with Gasteiger partial charge in [-0.2, -0.15) is 32.8 Å². The molecule has 0 bridgehead atoms. The van der Waals surface area contributed by atoms with Crippen LogP contribution in [0.15, 0.2) is 18.5 Å². The number of benzene rings is 1. The van der Waals surface area contributed by atoms with Crippen molar-refractivity contribution >= 4 is 23.2 Å². The van der Waals surface area contributed by atoms with Crippen LogP contribution >= 0.6 is 11.6 Å². The maximum Gasteiger partial charge on any atom is 0.408 e. The molecule has 12 heteroatoms. The van der Waals surface area contributed by atoms with Gasteiger partial charge in [-0.1, -0.05) is 25.4 Å². The maximum absolute atomic E-state index is 14.4. The number of aromatic nitrogens is 4. The summed E-state index contributed by atoms with van der Waals surface area (Å²) in [4.78, 5) is 7.53. The first-order valence-electron chi connectivity index (χ1n) is 7.88. The zero-order chi connectivity index (χ0) is 20.8. The summed E-state index contributed by atoms with van der Waals surface area (Å²) in [5, 5.41) is 5.43. The molecule has 3 aromatic rings. The number of nitrogens with one attached hydrogen (secondary N) is 1. The third kappa shape index (κ3) is 3.58. The minimum Gasteiger partial charge on any atom is -0.358 e. The highest BCUT2D eigenvalue weighted by atomic mass is 35.5. The molecule has 0 aliphatic rings. The molecule has 0 saturated heterocycles. The van der Waals surface area contributed by atoms with Crippen molar-refractivity contribution in [1.82, 2.24) is 19.6 Å². The summed E-state index contributed by atoms with van der Waals surface area (Å²) in [6.45, 7) is 2.62. The molecular weight excluding hydrogens is 412 g/mol. The predicted octanol–water partition coefficient (Wildman–Crippen LogP) is 4.86. The number of hydrogen-bond donors (Lipinski definition) is 1. The van der Waals surface area contributed by atoms with Crippen molar-refractivity contribution < 1.29 is 26.3 Å². The molecule has 150 valence electrons. The molecule has 1 atom stereocenters. The molecule has 0 aliphatic heterocycles. The SMILES string of the molecule is CC(C)C(Nc1c(-c2c(F)cc(F)cc2F)c(Cl)nc2ncnn12)C(F)(F)F. The Labute approximate surface area is 159 Å². The van der Waals surface area contributed by atoms with Crippen LogP contribution < -0.4 is 5.32 Å². The van der Waals surface area contributed by atoms with Gasteiger partial charge in [0.15, 0.2) is 0 Å². The molecule has 0 radical (unpaired) electrons. The third-order valence-electron chi connectivity index (χ3n) is 3.95. The van der Waals surface area contributed by atoms with Gasteiger partial charge >= 0.3 is 6.18 Å². The number of rotatable bonds is 4. The van der Waals surface area contributed by atoms with Gasteiger partial charge in [0, 0.05) is 12.1 Å². The van der Waals surface area contributed by atoms with Gasteiger partial charge in [0.1, 0.15) is 40.8 Å². The second-order valence-corrected chi connectivity index (χ2v) is 6.61. The normalized spacial score (nSPS) is 13.4. The molecule has 3 rings (SSSR count). The summed E-state index contributed by atoms with van der Waals surface area (Å²) in [6.07, 6.45) is -3.71. The molecule has 1 aromatic carbocycles. The van der Waals surface area contributed by atoms with Crippen molar-refractivity contribution in [2.75, 3.05) is 5.32 Å². The standard InChI is InChI=1S/C16H12ClF6N5/c1-6(2)12(16(21,22)23)26-14-11(10-8(19)3-7(18)4-9(10)20)13(17)27-15-24-5-25-28(14)15/h3-6,12,26H,1-2H3. The molecule has 2 heterocycles. The molecule has 1 unspecified atom stereocenters. The van der Waals surface area contributed by atoms with Crippen LogP contribution in [0.3, 0.4) is 0 Å². The number of fused-ring (bicyclic) bond motifs is 1. The van der Waals surface area contributed by atoms with Gasteiger partial charge in [-0.05, 0) is 5.92 Å². The number of nitrogens with zero attached hydrogens (tertiary/aromatic N) is 4. The highest BCUT2D eigenvalue weighted by Gasteiger charge is 2.43. The van der Waals surface area contributed by atoms with E-state index in [0.29, 0.717) is 12.1 Å². The summed E-state index contributed by atoms with van der Waals surface area (Å²) < 4.78 is 83.2. The smallest absolute Gasteiger partial charge is 0.358 e. The average molecular weight is 424 g/mol. The van der Waals surface area contributed by atoms with E-state index < -0.39 is 57.7 Å². The minimum atomic E-state index is -4.70. The van der Waals surface area contributed by atoms with Crippen LogP contribution in [0, 0.1) is 23.4 Å². The number of hydrogen-bond acceptors (Lipinski definition) is 4. The van der Waals surface area contributed by atoms with Gasteiger partial charge in [0.25, 0.3) is 5.78 Å². The summed E-state index contributed by atoms with van der Waals surface area (Å²) >= 11 is 6.02. The predicted molar refractivity (Wildman–Crippen MR) is 89.4 cm³/mol. The van der Waals surface area contributed by atoms with Crippen molar-refractivity contribution in [3.63, 3.8) is 0 Å². The van der Waals surface area contributed by atoms with E-state index in [4.69, 9.17) is 11.6 Å². The Bertz CT molecular complexity index is 1010. The maximum atomic E-state index is 14.4. The molecule has 0 amide bonds. The second-order valence-electron chi connectivity index (χ2n) is 6.25. The zero-order valence-corrected chi connectivity index (χ0v) is 15.1. The Kier molecular flexibility index (Phi) is 5.13. The summed E-state index contributed by atoms with van der Waals surface area (Å²) in [5.74, 6) is -5.55. The number of halogens is 7. The zero-order valence-electron chi connectivity index (χ0n) is 14.3. The minimum absolute atomic E-state index is 0.191. The summed E-state index contributed by atoms with van der Waals surface area (Å²) in [5.41, 5.74) is -1.38. The monoisotopic (exact) mass is 423 g/mol. The Balaban J connectivity index is 2.33. The number of anilines is 1. The van der Waals surface area contributed by atoms with Gasteiger partial charge in [-0.25, -0.2) is 13.2 Å². The van der Waals surface area contributed by atoms with E-state index in [1.807, 2.05) is 0 Å².